The molecule has 18 heavy (non-hydrogen) atoms. The maximum atomic E-state index is 11.7. The second-order valence-electron chi connectivity index (χ2n) is 6.27. The number of rotatable bonds is 4. The lowest BCUT2D eigenvalue weighted by Crippen LogP contribution is -2.42. The van der Waals surface area contributed by atoms with E-state index in [1.54, 1.807) is 4.90 Å². The number of nitrogens with one attached hydrogen (secondary N) is 1. The fourth-order valence-electron chi connectivity index (χ4n) is 3.60. The van der Waals surface area contributed by atoms with Gasteiger partial charge in [0, 0.05) is 19.6 Å². The Morgan fingerprint density at radius 3 is 2.39 bits per heavy atom. The zero-order valence-electron chi connectivity index (χ0n) is 12.0. The van der Waals surface area contributed by atoms with Gasteiger partial charge in [-0.3, -0.25) is 4.79 Å². The van der Waals surface area contributed by atoms with Gasteiger partial charge >= 0.3 is 0 Å². The molecule has 0 aromatic rings. The van der Waals surface area contributed by atoms with Gasteiger partial charge in [0.1, 0.15) is 0 Å². The Morgan fingerprint density at radius 1 is 1.22 bits per heavy atom. The maximum absolute atomic E-state index is 11.7. The molecular weight excluding hydrogens is 224 g/mol. The number of nitrogens with zero attached hydrogens (tertiary/aromatic N) is 1. The van der Waals surface area contributed by atoms with Crippen molar-refractivity contribution >= 4 is 5.91 Å². The van der Waals surface area contributed by atoms with Crippen molar-refractivity contribution < 1.29 is 4.79 Å². The zero-order chi connectivity index (χ0) is 13.0. The molecule has 2 saturated carbocycles. The van der Waals surface area contributed by atoms with Gasteiger partial charge < -0.3 is 10.2 Å². The lowest BCUT2D eigenvalue weighted by Gasteiger charge is -2.37. The van der Waals surface area contributed by atoms with Crippen molar-refractivity contribution in [1.82, 2.24) is 10.2 Å². The van der Waals surface area contributed by atoms with Crippen LogP contribution in [0.5, 0.6) is 0 Å². The van der Waals surface area contributed by atoms with E-state index in [0.29, 0.717) is 18.0 Å². The fraction of sp³-hybridized carbons (Fsp3) is 0.933. The molecule has 104 valence electrons. The van der Waals surface area contributed by atoms with Crippen LogP contribution in [-0.2, 0) is 4.79 Å². The quantitative estimate of drug-likeness (QED) is 0.834. The number of hydrogen-bond donors (Lipinski definition) is 1. The van der Waals surface area contributed by atoms with Gasteiger partial charge in [0.25, 0.3) is 0 Å². The van der Waals surface area contributed by atoms with Crippen LogP contribution < -0.4 is 5.32 Å². The summed E-state index contributed by atoms with van der Waals surface area (Å²) in [4.78, 5) is 13.5. The maximum Gasteiger partial charge on any atom is 0.236 e. The summed E-state index contributed by atoms with van der Waals surface area (Å²) in [6.07, 6.45) is 11.1. The van der Waals surface area contributed by atoms with Crippen LogP contribution in [0.1, 0.15) is 58.3 Å². The van der Waals surface area contributed by atoms with E-state index in [2.05, 4.69) is 5.32 Å². The van der Waals surface area contributed by atoms with Crippen molar-refractivity contribution in [3.8, 4) is 0 Å². The molecule has 0 aromatic carbocycles. The van der Waals surface area contributed by atoms with Crippen molar-refractivity contribution in [2.24, 2.45) is 5.41 Å². The molecule has 0 unspecified atom stereocenters. The van der Waals surface area contributed by atoms with E-state index in [1.807, 2.05) is 14.0 Å². The Hall–Kier alpha value is -0.570. The van der Waals surface area contributed by atoms with Crippen LogP contribution in [0.2, 0.25) is 0 Å². The van der Waals surface area contributed by atoms with Crippen LogP contribution in [0.3, 0.4) is 0 Å². The summed E-state index contributed by atoms with van der Waals surface area (Å²) in [6, 6.07) is 0.574. The lowest BCUT2D eigenvalue weighted by molar-refractivity contribution is -0.128. The van der Waals surface area contributed by atoms with E-state index >= 15 is 0 Å². The Kier molecular flexibility index (Phi) is 4.66. The first kappa shape index (κ1) is 13.9. The van der Waals surface area contributed by atoms with E-state index in [0.717, 1.165) is 6.54 Å². The molecule has 2 aliphatic carbocycles. The summed E-state index contributed by atoms with van der Waals surface area (Å²) >= 11 is 0. The van der Waals surface area contributed by atoms with Crippen LogP contribution in [0.4, 0.5) is 0 Å². The highest BCUT2D eigenvalue weighted by Gasteiger charge is 2.37. The predicted octanol–water partition coefficient (Wildman–Crippen LogP) is 2.56. The summed E-state index contributed by atoms with van der Waals surface area (Å²) in [7, 11) is 1.87. The van der Waals surface area contributed by atoms with Gasteiger partial charge in [-0.05, 0) is 50.9 Å². The van der Waals surface area contributed by atoms with Gasteiger partial charge in [0.2, 0.25) is 5.91 Å². The first-order valence-electron chi connectivity index (χ1n) is 7.62. The van der Waals surface area contributed by atoms with Crippen molar-refractivity contribution in [1.29, 1.82) is 0 Å². The summed E-state index contributed by atoms with van der Waals surface area (Å²) in [6.45, 7) is 3.33. The average molecular weight is 252 g/mol. The van der Waals surface area contributed by atoms with Gasteiger partial charge in [-0.2, -0.15) is 0 Å². The van der Waals surface area contributed by atoms with Crippen LogP contribution in [-0.4, -0.2) is 37.0 Å². The van der Waals surface area contributed by atoms with Gasteiger partial charge in [0.15, 0.2) is 0 Å². The minimum absolute atomic E-state index is 0.221. The minimum Gasteiger partial charge on any atom is -0.345 e. The highest BCUT2D eigenvalue weighted by Crippen LogP contribution is 2.48. The van der Waals surface area contributed by atoms with Crippen LogP contribution in [0.15, 0.2) is 0 Å². The smallest absolute Gasteiger partial charge is 0.236 e. The molecule has 0 radical (unpaired) electrons. The molecule has 1 N–H and O–H groups in total. The second-order valence-corrected chi connectivity index (χ2v) is 6.27. The third-order valence-electron chi connectivity index (χ3n) is 5.15. The van der Waals surface area contributed by atoms with E-state index in [4.69, 9.17) is 0 Å². The molecule has 1 amide bonds. The lowest BCUT2D eigenvalue weighted by atomic mass is 9.71. The standard InChI is InChI=1S/C15H28N2O/c1-3-17(2)14(18)12-16-13-6-10-15(11-7-13)8-4-5-9-15/h13,16H,3-12H2,1-2H3. The molecule has 0 aromatic heterocycles. The summed E-state index contributed by atoms with van der Waals surface area (Å²) in [5.74, 6) is 0.221. The zero-order valence-corrected chi connectivity index (χ0v) is 12.0. The van der Waals surface area contributed by atoms with Crippen molar-refractivity contribution in [3.63, 3.8) is 0 Å². The highest BCUT2D eigenvalue weighted by molar-refractivity contribution is 5.77. The van der Waals surface area contributed by atoms with E-state index < -0.39 is 0 Å². The third-order valence-corrected chi connectivity index (χ3v) is 5.15. The molecule has 3 nitrogen and oxygen atoms in total. The minimum atomic E-state index is 0.221. The van der Waals surface area contributed by atoms with Gasteiger partial charge in [-0.1, -0.05) is 12.8 Å². The SMILES string of the molecule is CCN(C)C(=O)CNC1CCC2(CCCC2)CC1. The van der Waals surface area contributed by atoms with E-state index in [9.17, 15) is 4.79 Å². The molecule has 0 bridgehead atoms. The third kappa shape index (κ3) is 3.25. The Morgan fingerprint density at radius 2 is 1.83 bits per heavy atom. The Balaban J connectivity index is 1.69. The fourth-order valence-corrected chi connectivity index (χ4v) is 3.60. The second kappa shape index (κ2) is 6.05. The highest BCUT2D eigenvalue weighted by atomic mass is 16.2. The topological polar surface area (TPSA) is 32.3 Å². The van der Waals surface area contributed by atoms with Gasteiger partial charge in [-0.25, -0.2) is 0 Å². The normalized spacial score (nSPS) is 23.4. The van der Waals surface area contributed by atoms with Gasteiger partial charge in [-0.15, -0.1) is 0 Å². The number of likely N-dealkylation sites (N-methyl/N-ethyl adjacent to an activating group) is 1. The van der Waals surface area contributed by atoms with Crippen LogP contribution in [0.25, 0.3) is 0 Å². The molecule has 1 spiro atoms. The largest absolute Gasteiger partial charge is 0.345 e. The number of hydrogen-bond acceptors (Lipinski definition) is 2. The molecule has 3 heteroatoms. The van der Waals surface area contributed by atoms with E-state index in [-0.39, 0.29) is 5.91 Å². The molecule has 2 rings (SSSR count). The van der Waals surface area contributed by atoms with Crippen LogP contribution in [0, 0.1) is 5.41 Å². The molecule has 0 saturated heterocycles. The Bertz CT molecular complexity index is 274. The van der Waals surface area contributed by atoms with E-state index in [1.165, 1.54) is 51.4 Å². The molecule has 2 fully saturated rings. The molecule has 2 aliphatic rings. The Labute approximate surface area is 111 Å². The van der Waals surface area contributed by atoms with Crippen molar-refractivity contribution in [3.05, 3.63) is 0 Å². The summed E-state index contributed by atoms with van der Waals surface area (Å²) in [5.41, 5.74) is 0.697. The monoisotopic (exact) mass is 252 g/mol. The number of carbonyl (C=O) groups excluding carboxylic acids is 1. The molecular formula is C15H28N2O. The van der Waals surface area contributed by atoms with Crippen molar-refractivity contribution in [2.45, 2.75) is 64.3 Å². The number of carbonyl (C=O) groups is 1. The molecule has 0 aliphatic heterocycles. The van der Waals surface area contributed by atoms with Crippen molar-refractivity contribution in [2.75, 3.05) is 20.1 Å². The molecule has 0 atom stereocenters. The average Bonchev–Trinajstić information content (AvgIpc) is 2.85. The number of amides is 1. The first-order chi connectivity index (χ1) is 8.65. The summed E-state index contributed by atoms with van der Waals surface area (Å²) < 4.78 is 0. The molecule has 0 heterocycles. The van der Waals surface area contributed by atoms with Gasteiger partial charge in [0.05, 0.1) is 6.54 Å². The first-order valence-corrected chi connectivity index (χ1v) is 7.62. The summed E-state index contributed by atoms with van der Waals surface area (Å²) in [5, 5.41) is 3.45. The van der Waals surface area contributed by atoms with Crippen LogP contribution >= 0.6 is 0 Å². The predicted molar refractivity (Wildman–Crippen MR) is 74.5 cm³/mol.